The molecule has 2 aromatic heterocycles. The van der Waals surface area contributed by atoms with Gasteiger partial charge in [-0.1, -0.05) is 40.9 Å². The first kappa shape index (κ1) is 14.2. The first-order valence-electron chi connectivity index (χ1n) is 5.85. The van der Waals surface area contributed by atoms with Crippen molar-refractivity contribution >= 4 is 46.7 Å². The van der Waals surface area contributed by atoms with Gasteiger partial charge < -0.3 is 4.74 Å². The summed E-state index contributed by atoms with van der Waals surface area (Å²) in [7, 11) is 0. The van der Waals surface area contributed by atoms with E-state index in [0.717, 1.165) is 0 Å². The average molecular weight is 342 g/mol. The van der Waals surface area contributed by atoms with Crippen molar-refractivity contribution in [3.05, 3.63) is 57.3 Å². The maximum Gasteiger partial charge on any atom is 0.249 e. The van der Waals surface area contributed by atoms with E-state index in [9.17, 15) is 4.79 Å². The van der Waals surface area contributed by atoms with E-state index in [0.29, 0.717) is 22.0 Å². The molecule has 0 radical (unpaired) electrons. The number of fused-ring (bicyclic) bond motifs is 1. The van der Waals surface area contributed by atoms with Crippen molar-refractivity contribution in [1.82, 2.24) is 9.38 Å². The lowest BCUT2D eigenvalue weighted by Gasteiger charge is -2.07. The smallest absolute Gasteiger partial charge is 0.249 e. The maximum absolute atomic E-state index is 11.3. The highest BCUT2D eigenvalue weighted by Gasteiger charge is 2.16. The third kappa shape index (κ3) is 2.58. The van der Waals surface area contributed by atoms with E-state index < -0.39 is 0 Å². The molecule has 2 heterocycles. The van der Waals surface area contributed by atoms with Gasteiger partial charge in [-0.3, -0.25) is 9.20 Å². The van der Waals surface area contributed by atoms with Gasteiger partial charge in [0, 0.05) is 12.3 Å². The van der Waals surface area contributed by atoms with Crippen LogP contribution in [0.3, 0.4) is 0 Å². The molecule has 0 saturated carbocycles. The molecule has 3 rings (SSSR count). The van der Waals surface area contributed by atoms with Crippen molar-refractivity contribution in [2.75, 3.05) is 0 Å². The second-order valence-electron chi connectivity index (χ2n) is 4.15. The Morgan fingerprint density at radius 3 is 2.62 bits per heavy atom. The summed E-state index contributed by atoms with van der Waals surface area (Å²) in [5.41, 5.74) is 0.874. The number of aldehydes is 1. The molecule has 0 spiro atoms. The number of hydrogen-bond acceptors (Lipinski definition) is 3. The van der Waals surface area contributed by atoms with E-state index in [1.807, 2.05) is 6.07 Å². The van der Waals surface area contributed by atoms with Gasteiger partial charge in [0.05, 0.1) is 15.1 Å². The minimum Gasteiger partial charge on any atom is -0.435 e. The number of halogens is 3. The summed E-state index contributed by atoms with van der Waals surface area (Å²) in [6.07, 6.45) is 2.39. The van der Waals surface area contributed by atoms with Crippen molar-refractivity contribution < 1.29 is 9.53 Å². The zero-order chi connectivity index (χ0) is 15.0. The van der Waals surface area contributed by atoms with Crippen LogP contribution >= 0.6 is 34.8 Å². The Morgan fingerprint density at radius 1 is 1.10 bits per heavy atom. The van der Waals surface area contributed by atoms with E-state index >= 15 is 0 Å². The Labute approximate surface area is 134 Å². The molecule has 0 aliphatic heterocycles. The topological polar surface area (TPSA) is 43.6 Å². The SMILES string of the molecule is O=Cc1c(Oc2cc(Cl)c(Cl)cc2Cl)nc2ccccn12. The summed E-state index contributed by atoms with van der Waals surface area (Å²) < 4.78 is 7.23. The number of imidazole rings is 1. The molecule has 3 aromatic rings. The number of benzene rings is 1. The Bertz CT molecular complexity index is 846. The van der Waals surface area contributed by atoms with Gasteiger partial charge in [0.15, 0.2) is 12.0 Å². The van der Waals surface area contributed by atoms with Crippen molar-refractivity contribution in [3.63, 3.8) is 0 Å². The van der Waals surface area contributed by atoms with Crippen LogP contribution in [0.2, 0.25) is 15.1 Å². The van der Waals surface area contributed by atoms with Crippen molar-refractivity contribution in [2.24, 2.45) is 0 Å². The Balaban J connectivity index is 2.10. The summed E-state index contributed by atoms with van der Waals surface area (Å²) in [5.74, 6) is 0.425. The molecule has 7 heteroatoms. The summed E-state index contributed by atoms with van der Waals surface area (Å²) in [5, 5.41) is 0.894. The van der Waals surface area contributed by atoms with Crippen LogP contribution in [0.15, 0.2) is 36.5 Å². The lowest BCUT2D eigenvalue weighted by atomic mass is 10.3. The molecule has 4 nitrogen and oxygen atoms in total. The molecule has 21 heavy (non-hydrogen) atoms. The van der Waals surface area contributed by atoms with Gasteiger partial charge in [0.25, 0.3) is 0 Å². The van der Waals surface area contributed by atoms with Crippen LogP contribution in [0.1, 0.15) is 10.5 Å². The molecule has 0 atom stereocenters. The molecule has 106 valence electrons. The number of aromatic nitrogens is 2. The third-order valence-electron chi connectivity index (χ3n) is 2.83. The molecule has 0 N–H and O–H groups in total. The molecule has 1 aromatic carbocycles. The number of ether oxygens (including phenoxy) is 1. The predicted octanol–water partition coefficient (Wildman–Crippen LogP) is 4.90. The van der Waals surface area contributed by atoms with Gasteiger partial charge in [-0.15, -0.1) is 0 Å². The van der Waals surface area contributed by atoms with Crippen molar-refractivity contribution in [1.29, 1.82) is 0 Å². The van der Waals surface area contributed by atoms with Crippen LogP contribution in [0, 0.1) is 0 Å². The molecule has 0 fully saturated rings. The highest BCUT2D eigenvalue weighted by Crippen LogP contribution is 2.36. The molecule has 0 saturated heterocycles. The first-order valence-corrected chi connectivity index (χ1v) is 6.98. The Morgan fingerprint density at radius 2 is 1.86 bits per heavy atom. The fourth-order valence-electron chi connectivity index (χ4n) is 1.86. The van der Waals surface area contributed by atoms with Crippen LogP contribution in [-0.2, 0) is 0 Å². The van der Waals surface area contributed by atoms with Gasteiger partial charge in [-0.2, -0.15) is 4.98 Å². The van der Waals surface area contributed by atoms with E-state index in [-0.39, 0.29) is 22.3 Å². The zero-order valence-electron chi connectivity index (χ0n) is 10.4. The molecular formula is C14H7Cl3N2O2. The second-order valence-corrected chi connectivity index (χ2v) is 5.37. The lowest BCUT2D eigenvalue weighted by molar-refractivity contribution is 0.111. The number of rotatable bonds is 3. The standard InChI is InChI=1S/C14H7Cl3N2O2/c15-8-5-10(17)12(6-9(8)16)21-14-11(7-20)19-4-2-1-3-13(19)18-14/h1-7H. The second kappa shape index (κ2) is 5.56. The molecular weight excluding hydrogens is 335 g/mol. The fourth-order valence-corrected chi connectivity index (χ4v) is 2.44. The molecule has 0 aliphatic rings. The van der Waals surface area contributed by atoms with Crippen LogP contribution in [0.5, 0.6) is 11.6 Å². The van der Waals surface area contributed by atoms with E-state index in [1.54, 1.807) is 22.7 Å². The van der Waals surface area contributed by atoms with Crippen LogP contribution in [-0.4, -0.2) is 15.7 Å². The van der Waals surface area contributed by atoms with Crippen LogP contribution < -0.4 is 4.74 Å². The van der Waals surface area contributed by atoms with Gasteiger partial charge in [0.1, 0.15) is 11.4 Å². The van der Waals surface area contributed by atoms with Gasteiger partial charge in [0.2, 0.25) is 5.88 Å². The first-order chi connectivity index (χ1) is 10.1. The molecule has 0 aliphatic carbocycles. The van der Waals surface area contributed by atoms with Gasteiger partial charge in [-0.05, 0) is 18.2 Å². The monoisotopic (exact) mass is 340 g/mol. The molecule has 0 bridgehead atoms. The predicted molar refractivity (Wildman–Crippen MR) is 82.1 cm³/mol. The fraction of sp³-hybridized carbons (Fsp3) is 0. The zero-order valence-corrected chi connectivity index (χ0v) is 12.7. The van der Waals surface area contributed by atoms with E-state index in [4.69, 9.17) is 39.5 Å². The molecule has 0 unspecified atom stereocenters. The number of nitrogens with zero attached hydrogens (tertiary/aromatic N) is 2. The Kier molecular flexibility index (Phi) is 3.76. The van der Waals surface area contributed by atoms with E-state index in [1.165, 1.54) is 12.1 Å². The number of pyridine rings is 1. The lowest BCUT2D eigenvalue weighted by Crippen LogP contribution is -1.93. The number of carbonyl (C=O) groups is 1. The minimum absolute atomic E-state index is 0.150. The minimum atomic E-state index is 0.150. The summed E-state index contributed by atoms with van der Waals surface area (Å²) in [4.78, 5) is 15.5. The quantitative estimate of drug-likeness (QED) is 0.503. The van der Waals surface area contributed by atoms with Crippen LogP contribution in [0.4, 0.5) is 0 Å². The average Bonchev–Trinajstić information content (AvgIpc) is 2.81. The van der Waals surface area contributed by atoms with Crippen LogP contribution in [0.25, 0.3) is 5.65 Å². The summed E-state index contributed by atoms with van der Waals surface area (Å²) in [6.45, 7) is 0. The van der Waals surface area contributed by atoms with E-state index in [2.05, 4.69) is 4.98 Å². The maximum atomic E-state index is 11.3. The number of carbonyl (C=O) groups excluding carboxylic acids is 1. The third-order valence-corrected chi connectivity index (χ3v) is 3.84. The number of hydrogen-bond donors (Lipinski definition) is 0. The van der Waals surface area contributed by atoms with Gasteiger partial charge in [-0.25, -0.2) is 0 Å². The highest BCUT2D eigenvalue weighted by molar-refractivity contribution is 6.43. The highest BCUT2D eigenvalue weighted by atomic mass is 35.5. The van der Waals surface area contributed by atoms with Crippen molar-refractivity contribution in [2.45, 2.75) is 0 Å². The summed E-state index contributed by atoms with van der Waals surface area (Å²) >= 11 is 17.9. The van der Waals surface area contributed by atoms with Gasteiger partial charge >= 0.3 is 0 Å². The summed E-state index contributed by atoms with van der Waals surface area (Å²) in [6, 6.07) is 8.31. The Hall–Kier alpha value is -1.75. The largest absolute Gasteiger partial charge is 0.435 e. The molecule has 0 amide bonds. The van der Waals surface area contributed by atoms with Crippen molar-refractivity contribution in [3.8, 4) is 11.6 Å². The normalized spacial score (nSPS) is 10.8.